The van der Waals surface area contributed by atoms with E-state index in [4.69, 9.17) is 9.63 Å². The van der Waals surface area contributed by atoms with Crippen LogP contribution in [0.15, 0.2) is 33.3 Å². The second kappa shape index (κ2) is 4.09. The molecule has 2 rings (SSSR count). The molecule has 0 amide bonds. The van der Waals surface area contributed by atoms with E-state index in [0.29, 0.717) is 5.76 Å². The highest BCUT2D eigenvalue weighted by molar-refractivity contribution is 9.10. The summed E-state index contributed by atoms with van der Waals surface area (Å²) in [6, 6.07) is 7.06. The average Bonchev–Trinajstić information content (AvgIpc) is 2.71. The first-order valence-corrected chi connectivity index (χ1v) is 5.34. The van der Waals surface area contributed by atoms with Gasteiger partial charge in [-0.2, -0.15) is 0 Å². The number of nitrogens with zero attached hydrogens (tertiary/aromatic N) is 1. The lowest BCUT2D eigenvalue weighted by atomic mass is 10.1. The highest BCUT2D eigenvalue weighted by atomic mass is 79.9. The van der Waals surface area contributed by atoms with Crippen molar-refractivity contribution in [1.29, 1.82) is 0 Å². The lowest BCUT2D eigenvalue weighted by Crippen LogP contribution is -1.94. The van der Waals surface area contributed by atoms with Gasteiger partial charge in [0.1, 0.15) is 0 Å². The zero-order valence-electron chi connectivity index (χ0n) is 8.40. The van der Waals surface area contributed by atoms with Gasteiger partial charge in [-0.25, -0.2) is 4.79 Å². The largest absolute Gasteiger partial charge is 0.476 e. The molecule has 1 heterocycles. The highest BCUT2D eigenvalue weighted by Crippen LogP contribution is 2.30. The molecule has 1 aromatic heterocycles. The number of hydrogen-bond acceptors (Lipinski definition) is 3. The molecule has 0 atom stereocenters. The Morgan fingerprint density at radius 3 is 2.88 bits per heavy atom. The van der Waals surface area contributed by atoms with Crippen molar-refractivity contribution >= 4 is 21.9 Å². The van der Waals surface area contributed by atoms with Crippen molar-refractivity contribution in [3.05, 3.63) is 40.0 Å². The number of aryl methyl sites for hydroxylation is 1. The van der Waals surface area contributed by atoms with Crippen LogP contribution in [0.2, 0.25) is 0 Å². The molecule has 1 aromatic carbocycles. The summed E-state index contributed by atoms with van der Waals surface area (Å²) < 4.78 is 5.86. The molecule has 82 valence electrons. The molecule has 16 heavy (non-hydrogen) atoms. The van der Waals surface area contributed by atoms with E-state index in [1.54, 1.807) is 0 Å². The molecule has 0 radical (unpaired) electrons. The Morgan fingerprint density at radius 1 is 1.50 bits per heavy atom. The molecule has 1 N–H and O–H groups in total. The predicted octanol–water partition coefficient (Wildman–Crippen LogP) is 3.11. The maximum Gasteiger partial charge on any atom is 0.358 e. The van der Waals surface area contributed by atoms with Crippen LogP contribution < -0.4 is 0 Å². The second-order valence-electron chi connectivity index (χ2n) is 3.32. The Balaban J connectivity index is 2.50. The zero-order chi connectivity index (χ0) is 11.7. The third-order valence-electron chi connectivity index (χ3n) is 2.19. The van der Waals surface area contributed by atoms with Crippen molar-refractivity contribution in [3.63, 3.8) is 0 Å². The molecular weight excluding hydrogens is 274 g/mol. The van der Waals surface area contributed by atoms with Gasteiger partial charge in [-0.1, -0.05) is 17.3 Å². The van der Waals surface area contributed by atoms with Crippen LogP contribution in [-0.2, 0) is 0 Å². The van der Waals surface area contributed by atoms with Crippen LogP contribution in [0.3, 0.4) is 0 Å². The fraction of sp³-hybridized carbons (Fsp3) is 0.0909. The quantitative estimate of drug-likeness (QED) is 0.919. The topological polar surface area (TPSA) is 63.3 Å². The lowest BCUT2D eigenvalue weighted by molar-refractivity contribution is 0.0686. The van der Waals surface area contributed by atoms with Crippen LogP contribution in [0.5, 0.6) is 0 Å². The van der Waals surface area contributed by atoms with Gasteiger partial charge in [0.05, 0.1) is 0 Å². The number of carbonyl (C=O) groups is 1. The second-order valence-corrected chi connectivity index (χ2v) is 4.11. The van der Waals surface area contributed by atoms with Crippen molar-refractivity contribution < 1.29 is 14.4 Å². The maximum atomic E-state index is 10.7. The van der Waals surface area contributed by atoms with Crippen molar-refractivity contribution in [1.82, 2.24) is 5.16 Å². The van der Waals surface area contributed by atoms with Gasteiger partial charge < -0.3 is 9.63 Å². The SMILES string of the molecule is Cc1cccc(-c2cc(C(=O)O)no2)c1Br. The minimum Gasteiger partial charge on any atom is -0.476 e. The summed E-state index contributed by atoms with van der Waals surface area (Å²) in [4.78, 5) is 10.7. The van der Waals surface area contributed by atoms with Gasteiger partial charge in [-0.3, -0.25) is 0 Å². The van der Waals surface area contributed by atoms with E-state index in [1.165, 1.54) is 6.07 Å². The van der Waals surface area contributed by atoms with Gasteiger partial charge in [0.25, 0.3) is 0 Å². The molecular formula is C11H8BrNO3. The smallest absolute Gasteiger partial charge is 0.358 e. The maximum absolute atomic E-state index is 10.7. The van der Waals surface area contributed by atoms with Crippen LogP contribution in [0, 0.1) is 6.92 Å². The molecule has 0 saturated carbocycles. The number of hydrogen-bond donors (Lipinski definition) is 1. The summed E-state index contributed by atoms with van der Waals surface area (Å²) in [5.41, 5.74) is 1.74. The van der Waals surface area contributed by atoms with Gasteiger partial charge in [0.15, 0.2) is 11.5 Å². The highest BCUT2D eigenvalue weighted by Gasteiger charge is 2.14. The van der Waals surface area contributed by atoms with Gasteiger partial charge in [0, 0.05) is 16.1 Å². The molecule has 0 unspecified atom stereocenters. The third kappa shape index (κ3) is 1.86. The molecule has 0 spiro atoms. The van der Waals surface area contributed by atoms with E-state index in [0.717, 1.165) is 15.6 Å². The monoisotopic (exact) mass is 281 g/mol. The molecule has 5 heteroatoms. The predicted molar refractivity (Wildman–Crippen MR) is 61.3 cm³/mol. The minimum absolute atomic E-state index is 0.0941. The Morgan fingerprint density at radius 2 is 2.25 bits per heavy atom. The van der Waals surface area contributed by atoms with E-state index in [2.05, 4.69) is 21.1 Å². The number of benzene rings is 1. The summed E-state index contributed by atoms with van der Waals surface area (Å²) in [6.45, 7) is 1.95. The number of halogens is 1. The molecule has 0 saturated heterocycles. The fourth-order valence-electron chi connectivity index (χ4n) is 1.34. The first-order chi connectivity index (χ1) is 7.59. The Kier molecular flexibility index (Phi) is 2.78. The van der Waals surface area contributed by atoms with Crippen molar-refractivity contribution in [2.75, 3.05) is 0 Å². The van der Waals surface area contributed by atoms with Gasteiger partial charge in [-0.15, -0.1) is 0 Å². The van der Waals surface area contributed by atoms with E-state index < -0.39 is 5.97 Å². The average molecular weight is 282 g/mol. The molecule has 2 aromatic rings. The van der Waals surface area contributed by atoms with Gasteiger partial charge >= 0.3 is 5.97 Å². The third-order valence-corrected chi connectivity index (χ3v) is 3.24. The van der Waals surface area contributed by atoms with Crippen LogP contribution in [0.4, 0.5) is 0 Å². The molecule has 0 fully saturated rings. The standard InChI is InChI=1S/C11H8BrNO3/c1-6-3-2-4-7(10(6)12)9-5-8(11(14)15)13-16-9/h2-5H,1H3,(H,14,15). The molecule has 0 aliphatic heterocycles. The van der Waals surface area contributed by atoms with E-state index >= 15 is 0 Å². The van der Waals surface area contributed by atoms with Crippen LogP contribution in [0.25, 0.3) is 11.3 Å². The Hall–Kier alpha value is -1.62. The number of carboxylic acid groups (broad SMARTS) is 1. The summed E-state index contributed by atoms with van der Waals surface area (Å²) >= 11 is 3.43. The first-order valence-electron chi connectivity index (χ1n) is 4.55. The normalized spacial score (nSPS) is 10.4. The summed E-state index contributed by atoms with van der Waals surface area (Å²) in [5, 5.41) is 12.2. The number of rotatable bonds is 2. The number of aromatic carboxylic acids is 1. The van der Waals surface area contributed by atoms with Gasteiger partial charge in [0.2, 0.25) is 0 Å². The number of aromatic nitrogens is 1. The first kappa shape index (κ1) is 10.9. The van der Waals surface area contributed by atoms with Crippen LogP contribution in [-0.4, -0.2) is 16.2 Å². The minimum atomic E-state index is -1.10. The van der Waals surface area contributed by atoms with Crippen molar-refractivity contribution in [2.45, 2.75) is 6.92 Å². The summed E-state index contributed by atoms with van der Waals surface area (Å²) in [7, 11) is 0. The Bertz CT molecular complexity index is 548. The van der Waals surface area contributed by atoms with Crippen molar-refractivity contribution in [2.24, 2.45) is 0 Å². The molecule has 4 nitrogen and oxygen atoms in total. The lowest BCUT2D eigenvalue weighted by Gasteiger charge is -2.02. The van der Waals surface area contributed by atoms with Gasteiger partial charge in [-0.05, 0) is 34.5 Å². The van der Waals surface area contributed by atoms with E-state index in [9.17, 15) is 4.79 Å². The summed E-state index contributed by atoms with van der Waals surface area (Å²) in [5.74, 6) is -0.660. The molecule has 0 bridgehead atoms. The van der Waals surface area contributed by atoms with E-state index in [-0.39, 0.29) is 5.69 Å². The number of carboxylic acids is 1. The van der Waals surface area contributed by atoms with Crippen molar-refractivity contribution in [3.8, 4) is 11.3 Å². The van der Waals surface area contributed by atoms with Crippen LogP contribution in [0.1, 0.15) is 16.1 Å². The van der Waals surface area contributed by atoms with E-state index in [1.807, 2.05) is 25.1 Å². The fourth-order valence-corrected chi connectivity index (χ4v) is 1.80. The molecule has 0 aliphatic rings. The summed E-state index contributed by atoms with van der Waals surface area (Å²) in [6.07, 6.45) is 0. The van der Waals surface area contributed by atoms with Crippen LogP contribution >= 0.6 is 15.9 Å². The Labute approximate surface area is 100 Å². The molecule has 0 aliphatic carbocycles. The zero-order valence-corrected chi connectivity index (χ0v) is 9.98.